The van der Waals surface area contributed by atoms with Crippen LogP contribution in [0.3, 0.4) is 0 Å². The van der Waals surface area contributed by atoms with Crippen molar-refractivity contribution in [1.82, 2.24) is 4.98 Å². The predicted molar refractivity (Wildman–Crippen MR) is 65.6 cm³/mol. The van der Waals surface area contributed by atoms with Gasteiger partial charge in [-0.15, -0.1) is 0 Å². The molecule has 96 valence electrons. The first-order valence-corrected chi connectivity index (χ1v) is 5.78. The molecule has 0 aliphatic heterocycles. The van der Waals surface area contributed by atoms with Crippen LogP contribution in [0.5, 0.6) is 0 Å². The van der Waals surface area contributed by atoms with Crippen molar-refractivity contribution >= 4 is 10.8 Å². The number of nitrogens with zero attached hydrogens (tertiary/aromatic N) is 1. The van der Waals surface area contributed by atoms with E-state index >= 15 is 0 Å². The van der Waals surface area contributed by atoms with Gasteiger partial charge in [0, 0.05) is 11.1 Å². The van der Waals surface area contributed by atoms with Crippen LogP contribution in [0.15, 0.2) is 24.3 Å². The van der Waals surface area contributed by atoms with Gasteiger partial charge in [-0.2, -0.15) is 13.2 Å². The van der Waals surface area contributed by atoms with Gasteiger partial charge in [0.25, 0.3) is 0 Å². The Morgan fingerprint density at radius 3 is 2.11 bits per heavy atom. The molecule has 0 atom stereocenters. The minimum absolute atomic E-state index is 0.124. The number of fused-ring (bicyclic) bond motifs is 1. The largest absolute Gasteiger partial charge is 0.418 e. The minimum Gasteiger partial charge on any atom is -0.257 e. The average molecular weight is 253 g/mol. The third-order valence-corrected chi connectivity index (χ3v) is 2.96. The van der Waals surface area contributed by atoms with E-state index < -0.39 is 11.7 Å². The maximum absolute atomic E-state index is 13.2. The van der Waals surface area contributed by atoms with Crippen molar-refractivity contribution in [2.45, 2.75) is 32.9 Å². The number of aromatic nitrogens is 1. The zero-order chi connectivity index (χ0) is 13.5. The predicted octanol–water partition coefficient (Wildman–Crippen LogP) is 4.69. The minimum atomic E-state index is -4.38. The molecule has 2 aromatic rings. The monoisotopic (exact) mass is 253 g/mol. The SMILES string of the molecule is Cc1nc(C(C)C)c(C(F)(F)F)c2ccccc12. The maximum Gasteiger partial charge on any atom is 0.418 e. The fraction of sp³-hybridized carbons (Fsp3) is 0.357. The molecule has 0 saturated heterocycles. The summed E-state index contributed by atoms with van der Waals surface area (Å²) in [5.41, 5.74) is 0.166. The molecule has 0 N–H and O–H groups in total. The Morgan fingerprint density at radius 2 is 1.61 bits per heavy atom. The van der Waals surface area contributed by atoms with Crippen LogP contribution in [0.2, 0.25) is 0 Å². The molecule has 1 nitrogen and oxygen atoms in total. The van der Waals surface area contributed by atoms with Gasteiger partial charge in [-0.3, -0.25) is 4.98 Å². The van der Waals surface area contributed by atoms with Crippen molar-refractivity contribution in [2.75, 3.05) is 0 Å². The lowest BCUT2D eigenvalue weighted by molar-refractivity contribution is -0.137. The Labute approximate surface area is 104 Å². The molecule has 18 heavy (non-hydrogen) atoms. The van der Waals surface area contributed by atoms with Gasteiger partial charge in [0.1, 0.15) is 0 Å². The van der Waals surface area contributed by atoms with Gasteiger partial charge < -0.3 is 0 Å². The molecule has 0 bridgehead atoms. The van der Waals surface area contributed by atoms with E-state index in [0.29, 0.717) is 11.1 Å². The standard InChI is InChI=1S/C14H14F3N/c1-8(2)13-12(14(15,16)17)11-7-5-4-6-10(11)9(3)18-13/h4-8H,1-3H3. The van der Waals surface area contributed by atoms with Gasteiger partial charge in [-0.1, -0.05) is 38.1 Å². The molecule has 2 rings (SSSR count). The van der Waals surface area contributed by atoms with Crippen molar-refractivity contribution in [3.63, 3.8) is 0 Å². The molecule has 0 aliphatic carbocycles. The van der Waals surface area contributed by atoms with E-state index in [4.69, 9.17) is 0 Å². The zero-order valence-corrected chi connectivity index (χ0v) is 10.5. The molecular weight excluding hydrogens is 239 g/mol. The Kier molecular flexibility index (Phi) is 3.05. The number of pyridine rings is 1. The molecule has 0 spiro atoms. The van der Waals surface area contributed by atoms with Crippen LogP contribution in [0.1, 0.15) is 36.7 Å². The van der Waals surface area contributed by atoms with Crippen LogP contribution in [0, 0.1) is 6.92 Å². The summed E-state index contributed by atoms with van der Waals surface area (Å²) in [5.74, 6) is -0.259. The topological polar surface area (TPSA) is 12.9 Å². The lowest BCUT2D eigenvalue weighted by atomic mass is 9.96. The van der Waals surface area contributed by atoms with Crippen LogP contribution in [0.4, 0.5) is 13.2 Å². The molecule has 0 aliphatic rings. The second kappa shape index (κ2) is 4.26. The summed E-state index contributed by atoms with van der Waals surface area (Å²) in [6, 6.07) is 6.54. The Morgan fingerprint density at radius 1 is 1.06 bits per heavy atom. The van der Waals surface area contributed by atoms with E-state index in [0.717, 1.165) is 0 Å². The molecule has 1 aromatic heterocycles. The molecule has 0 saturated carbocycles. The van der Waals surface area contributed by atoms with Gasteiger partial charge in [0.05, 0.1) is 11.3 Å². The quantitative estimate of drug-likeness (QED) is 0.718. The fourth-order valence-corrected chi connectivity index (χ4v) is 2.17. The summed E-state index contributed by atoms with van der Waals surface area (Å²) < 4.78 is 39.7. The first kappa shape index (κ1) is 12.9. The van der Waals surface area contributed by atoms with Crippen molar-refractivity contribution < 1.29 is 13.2 Å². The fourth-order valence-electron chi connectivity index (χ4n) is 2.17. The normalized spacial score (nSPS) is 12.4. The smallest absolute Gasteiger partial charge is 0.257 e. The van der Waals surface area contributed by atoms with Gasteiger partial charge >= 0.3 is 6.18 Å². The Bertz CT molecular complexity index is 585. The molecule has 4 heteroatoms. The Hall–Kier alpha value is -1.58. The summed E-state index contributed by atoms with van der Waals surface area (Å²) in [6.45, 7) is 5.20. The van der Waals surface area contributed by atoms with E-state index in [1.54, 1.807) is 39.0 Å². The van der Waals surface area contributed by atoms with Gasteiger partial charge in [-0.25, -0.2) is 0 Å². The number of benzene rings is 1. The summed E-state index contributed by atoms with van der Waals surface area (Å²) in [4.78, 5) is 4.15. The molecule has 1 aromatic carbocycles. The number of aryl methyl sites for hydroxylation is 1. The van der Waals surface area contributed by atoms with Crippen LogP contribution < -0.4 is 0 Å². The first-order valence-electron chi connectivity index (χ1n) is 5.78. The zero-order valence-electron chi connectivity index (χ0n) is 10.5. The third kappa shape index (κ3) is 2.07. The number of hydrogen-bond acceptors (Lipinski definition) is 1. The summed E-state index contributed by atoms with van der Waals surface area (Å²) in [7, 11) is 0. The van der Waals surface area contributed by atoms with Crippen LogP contribution in [-0.2, 0) is 6.18 Å². The maximum atomic E-state index is 13.2. The number of alkyl halides is 3. The van der Waals surface area contributed by atoms with Crippen molar-refractivity contribution in [3.05, 3.63) is 41.2 Å². The van der Waals surface area contributed by atoms with Gasteiger partial charge in [0.15, 0.2) is 0 Å². The van der Waals surface area contributed by atoms with Gasteiger partial charge in [0.2, 0.25) is 0 Å². The van der Waals surface area contributed by atoms with E-state index in [1.165, 1.54) is 6.07 Å². The number of halogens is 3. The van der Waals surface area contributed by atoms with E-state index in [1.807, 2.05) is 0 Å². The second-order valence-electron chi connectivity index (χ2n) is 4.66. The van der Waals surface area contributed by atoms with Crippen molar-refractivity contribution in [3.8, 4) is 0 Å². The third-order valence-electron chi connectivity index (χ3n) is 2.96. The van der Waals surface area contributed by atoms with Crippen molar-refractivity contribution in [2.24, 2.45) is 0 Å². The Balaban J connectivity index is 2.93. The molecule has 0 unspecified atom stereocenters. The van der Waals surface area contributed by atoms with Crippen LogP contribution >= 0.6 is 0 Å². The van der Waals surface area contributed by atoms with Crippen molar-refractivity contribution in [1.29, 1.82) is 0 Å². The average Bonchev–Trinajstić information content (AvgIpc) is 2.27. The first-order chi connectivity index (χ1) is 8.32. The highest BCUT2D eigenvalue weighted by molar-refractivity contribution is 5.88. The number of rotatable bonds is 1. The number of hydrogen-bond donors (Lipinski definition) is 0. The van der Waals surface area contributed by atoms with Crippen LogP contribution in [-0.4, -0.2) is 4.98 Å². The molecule has 0 fully saturated rings. The van der Waals surface area contributed by atoms with E-state index in [9.17, 15) is 13.2 Å². The molecule has 1 heterocycles. The lowest BCUT2D eigenvalue weighted by Crippen LogP contribution is -2.13. The highest BCUT2D eigenvalue weighted by atomic mass is 19.4. The summed E-state index contributed by atoms with van der Waals surface area (Å²) in [5, 5.41) is 0.801. The van der Waals surface area contributed by atoms with E-state index in [2.05, 4.69) is 4.98 Å². The highest BCUT2D eigenvalue weighted by Crippen LogP contribution is 2.39. The van der Waals surface area contributed by atoms with E-state index in [-0.39, 0.29) is 17.0 Å². The van der Waals surface area contributed by atoms with Crippen LogP contribution in [0.25, 0.3) is 10.8 Å². The summed E-state index contributed by atoms with van der Waals surface area (Å²) in [6.07, 6.45) is -4.38. The van der Waals surface area contributed by atoms with Gasteiger partial charge in [-0.05, 0) is 18.2 Å². The molecular formula is C14H14F3N. The molecule has 0 amide bonds. The second-order valence-corrected chi connectivity index (χ2v) is 4.66. The lowest BCUT2D eigenvalue weighted by Gasteiger charge is -2.18. The highest BCUT2D eigenvalue weighted by Gasteiger charge is 2.37. The molecule has 0 radical (unpaired) electrons. The summed E-state index contributed by atoms with van der Waals surface area (Å²) >= 11 is 0.